The number of ether oxygens (including phenoxy) is 2. The molecule has 1 aromatic heterocycles. The van der Waals surface area contributed by atoms with E-state index < -0.39 is 27.4 Å². The predicted molar refractivity (Wildman–Crippen MR) is 91.6 cm³/mol. The lowest BCUT2D eigenvalue weighted by molar-refractivity contribution is -0.0518. The van der Waals surface area contributed by atoms with E-state index >= 15 is 0 Å². The highest BCUT2D eigenvalue weighted by atomic mass is 32.2. The number of halogens is 2. The summed E-state index contributed by atoms with van der Waals surface area (Å²) in [5.41, 5.74) is 0. The minimum absolute atomic E-state index is 0.0183. The fourth-order valence-electron chi connectivity index (χ4n) is 2.11. The molecule has 0 aliphatic rings. The lowest BCUT2D eigenvalue weighted by Crippen LogP contribution is -2.13. The molecule has 2 aromatic carbocycles. The van der Waals surface area contributed by atoms with E-state index in [1.807, 2.05) is 0 Å². The lowest BCUT2D eigenvalue weighted by Gasteiger charge is -2.12. The minimum Gasteiger partial charge on any atom is -0.439 e. The first-order valence-corrected chi connectivity index (χ1v) is 9.02. The largest absolute Gasteiger partial charge is 0.439 e. The Balaban J connectivity index is 1.77. The fourth-order valence-corrected chi connectivity index (χ4v) is 3.18. The van der Waals surface area contributed by atoms with Crippen LogP contribution in [0, 0.1) is 0 Å². The molecule has 0 aliphatic carbocycles. The number of nitrogens with zero attached hydrogens (tertiary/aromatic N) is 1. The average molecular weight is 393 g/mol. The smallest absolute Gasteiger partial charge is 0.387 e. The Labute approximate surface area is 154 Å². The molecule has 3 rings (SSSR count). The Kier molecular flexibility index (Phi) is 5.51. The van der Waals surface area contributed by atoms with Crippen LogP contribution in [0.5, 0.6) is 23.1 Å². The number of pyridine rings is 1. The molecular weight excluding hydrogens is 380 g/mol. The molecule has 0 unspecified atom stereocenters. The maximum absolute atomic E-state index is 12.5. The summed E-state index contributed by atoms with van der Waals surface area (Å²) in [6, 6.07) is 15.8. The van der Waals surface area contributed by atoms with Crippen molar-refractivity contribution < 1.29 is 30.9 Å². The molecule has 9 heteroatoms. The van der Waals surface area contributed by atoms with Gasteiger partial charge in [0.1, 0.15) is 22.1 Å². The first kappa shape index (κ1) is 18.6. The molecule has 0 fully saturated rings. The molecule has 0 amide bonds. The van der Waals surface area contributed by atoms with Crippen LogP contribution in [0.3, 0.4) is 0 Å². The molecule has 140 valence electrons. The second-order valence-electron chi connectivity index (χ2n) is 5.10. The van der Waals surface area contributed by atoms with Crippen LogP contribution < -0.4 is 13.7 Å². The SMILES string of the molecule is O=S(=O)(Oc1ccc(Oc2ccccn2)cc1)c1ccccc1OC(F)F. The van der Waals surface area contributed by atoms with Crippen LogP contribution in [-0.4, -0.2) is 20.0 Å². The summed E-state index contributed by atoms with van der Waals surface area (Å²) < 4.78 is 64.4. The topological polar surface area (TPSA) is 74.7 Å². The van der Waals surface area contributed by atoms with Gasteiger partial charge in [0.2, 0.25) is 5.88 Å². The van der Waals surface area contributed by atoms with Gasteiger partial charge in [-0.05, 0) is 42.5 Å². The van der Waals surface area contributed by atoms with Crippen LogP contribution in [-0.2, 0) is 10.1 Å². The number of benzene rings is 2. The molecule has 0 bridgehead atoms. The normalized spacial score (nSPS) is 11.2. The van der Waals surface area contributed by atoms with Gasteiger partial charge < -0.3 is 13.7 Å². The van der Waals surface area contributed by atoms with Gasteiger partial charge in [0.05, 0.1) is 0 Å². The first-order chi connectivity index (χ1) is 12.9. The molecule has 0 atom stereocenters. The van der Waals surface area contributed by atoms with Crippen LogP contribution in [0.1, 0.15) is 0 Å². The Morgan fingerprint density at radius 2 is 1.52 bits per heavy atom. The molecule has 0 aliphatic heterocycles. The van der Waals surface area contributed by atoms with Crippen LogP contribution in [0.15, 0.2) is 77.8 Å². The zero-order valence-electron chi connectivity index (χ0n) is 13.7. The summed E-state index contributed by atoms with van der Waals surface area (Å²) in [5.74, 6) is 0.273. The fraction of sp³-hybridized carbons (Fsp3) is 0.0556. The van der Waals surface area contributed by atoms with E-state index in [1.54, 1.807) is 24.4 Å². The van der Waals surface area contributed by atoms with Crippen molar-refractivity contribution in [3.05, 3.63) is 72.9 Å². The Hall–Kier alpha value is -3.20. The van der Waals surface area contributed by atoms with Crippen molar-refractivity contribution in [3.63, 3.8) is 0 Å². The van der Waals surface area contributed by atoms with E-state index in [0.717, 1.165) is 12.1 Å². The third-order valence-electron chi connectivity index (χ3n) is 3.22. The summed E-state index contributed by atoms with van der Waals surface area (Å²) >= 11 is 0. The van der Waals surface area contributed by atoms with Crippen molar-refractivity contribution in [2.45, 2.75) is 11.5 Å². The third kappa shape index (κ3) is 4.91. The van der Waals surface area contributed by atoms with Crippen molar-refractivity contribution in [2.24, 2.45) is 0 Å². The lowest BCUT2D eigenvalue weighted by atomic mass is 10.3. The number of rotatable bonds is 7. The van der Waals surface area contributed by atoms with E-state index in [0.29, 0.717) is 11.6 Å². The van der Waals surface area contributed by atoms with E-state index in [2.05, 4.69) is 9.72 Å². The van der Waals surface area contributed by atoms with Gasteiger partial charge >= 0.3 is 16.7 Å². The van der Waals surface area contributed by atoms with Gasteiger partial charge in [0, 0.05) is 12.3 Å². The number of aromatic nitrogens is 1. The van der Waals surface area contributed by atoms with Crippen molar-refractivity contribution in [1.29, 1.82) is 0 Å². The van der Waals surface area contributed by atoms with E-state index in [-0.39, 0.29) is 5.75 Å². The average Bonchev–Trinajstić information content (AvgIpc) is 2.64. The highest BCUT2D eigenvalue weighted by molar-refractivity contribution is 7.87. The number of alkyl halides is 2. The van der Waals surface area contributed by atoms with Gasteiger partial charge in [0.15, 0.2) is 0 Å². The van der Waals surface area contributed by atoms with E-state index in [4.69, 9.17) is 8.92 Å². The predicted octanol–water partition coefficient (Wildman–Crippen LogP) is 4.24. The van der Waals surface area contributed by atoms with Crippen molar-refractivity contribution in [3.8, 4) is 23.1 Å². The van der Waals surface area contributed by atoms with Crippen LogP contribution in [0.2, 0.25) is 0 Å². The number of hydrogen-bond donors (Lipinski definition) is 0. The van der Waals surface area contributed by atoms with Crippen LogP contribution >= 0.6 is 0 Å². The molecule has 27 heavy (non-hydrogen) atoms. The summed E-state index contributed by atoms with van der Waals surface area (Å²) in [5, 5.41) is 0. The van der Waals surface area contributed by atoms with Gasteiger partial charge in [-0.25, -0.2) is 4.98 Å². The van der Waals surface area contributed by atoms with Gasteiger partial charge in [0.25, 0.3) is 0 Å². The quantitative estimate of drug-likeness (QED) is 0.559. The van der Waals surface area contributed by atoms with Crippen LogP contribution in [0.4, 0.5) is 8.78 Å². The summed E-state index contributed by atoms with van der Waals surface area (Å²) in [7, 11) is -4.37. The van der Waals surface area contributed by atoms with Crippen molar-refractivity contribution in [1.82, 2.24) is 4.98 Å². The Bertz CT molecular complexity index is 996. The Morgan fingerprint density at radius 3 is 2.19 bits per heavy atom. The molecular formula is C18H13F2NO5S. The second-order valence-corrected chi connectivity index (χ2v) is 6.62. The zero-order valence-corrected chi connectivity index (χ0v) is 14.5. The third-order valence-corrected chi connectivity index (χ3v) is 4.51. The Morgan fingerprint density at radius 1 is 0.852 bits per heavy atom. The first-order valence-electron chi connectivity index (χ1n) is 7.61. The number of para-hydroxylation sites is 1. The van der Waals surface area contributed by atoms with Crippen molar-refractivity contribution in [2.75, 3.05) is 0 Å². The maximum Gasteiger partial charge on any atom is 0.387 e. The molecule has 6 nitrogen and oxygen atoms in total. The molecule has 0 spiro atoms. The highest BCUT2D eigenvalue weighted by Crippen LogP contribution is 2.29. The standard InChI is InChI=1S/C18H13F2NO5S/c19-18(20)25-15-5-1-2-6-16(15)27(22,23)26-14-10-8-13(9-11-14)24-17-7-3-4-12-21-17/h1-12,18H. The summed E-state index contributed by atoms with van der Waals surface area (Å²) in [6.07, 6.45) is 1.57. The molecule has 0 saturated carbocycles. The molecule has 0 N–H and O–H groups in total. The van der Waals surface area contributed by atoms with E-state index in [9.17, 15) is 17.2 Å². The molecule has 1 heterocycles. The second kappa shape index (κ2) is 8.00. The maximum atomic E-state index is 12.5. The highest BCUT2D eigenvalue weighted by Gasteiger charge is 2.23. The zero-order chi connectivity index (χ0) is 19.3. The summed E-state index contributed by atoms with van der Waals surface area (Å²) in [4.78, 5) is 3.50. The molecule has 3 aromatic rings. The van der Waals surface area contributed by atoms with Gasteiger partial charge in [-0.3, -0.25) is 0 Å². The monoisotopic (exact) mass is 393 g/mol. The van der Waals surface area contributed by atoms with Gasteiger partial charge in [-0.15, -0.1) is 0 Å². The van der Waals surface area contributed by atoms with Gasteiger partial charge in [-0.1, -0.05) is 18.2 Å². The molecule has 0 radical (unpaired) electrons. The number of hydrogen-bond acceptors (Lipinski definition) is 6. The van der Waals surface area contributed by atoms with E-state index in [1.165, 1.54) is 36.4 Å². The minimum atomic E-state index is -4.37. The molecule has 0 saturated heterocycles. The van der Waals surface area contributed by atoms with Gasteiger partial charge in [-0.2, -0.15) is 17.2 Å². The van der Waals surface area contributed by atoms with Crippen molar-refractivity contribution >= 4 is 10.1 Å². The van der Waals surface area contributed by atoms with Crippen LogP contribution in [0.25, 0.3) is 0 Å². The summed E-state index contributed by atoms with van der Waals surface area (Å²) in [6.45, 7) is -3.16.